The molecule has 0 amide bonds. The minimum absolute atomic E-state index is 0.550. The third-order valence-electron chi connectivity index (χ3n) is 5.51. The Morgan fingerprint density at radius 2 is 1.92 bits per heavy atom. The topological polar surface area (TPSA) is 17.1 Å². The van der Waals surface area contributed by atoms with Crippen LogP contribution in [-0.4, -0.2) is 5.78 Å². The molecule has 1 nitrogen and oxygen atoms in total. The Morgan fingerprint density at radius 1 is 1.08 bits per heavy atom. The molecule has 0 aromatic rings. The van der Waals surface area contributed by atoms with Gasteiger partial charge in [0.2, 0.25) is 0 Å². The molecule has 1 unspecified atom stereocenters. The Bertz CT molecular complexity index is 281. The molecule has 4 fully saturated rings. The predicted octanol–water partition coefficient (Wildman–Crippen LogP) is 2.01. The lowest BCUT2D eigenvalue weighted by molar-refractivity contribution is -0.182. The Hall–Kier alpha value is -0.330. The van der Waals surface area contributed by atoms with E-state index in [1.54, 1.807) is 0 Å². The molecule has 0 N–H and O–H groups in total. The highest BCUT2D eigenvalue weighted by atomic mass is 16.1. The second-order valence-electron chi connectivity index (χ2n) is 5.36. The van der Waals surface area contributed by atoms with E-state index in [1.165, 1.54) is 25.7 Å². The highest BCUT2D eigenvalue weighted by Gasteiger charge is 2.75. The summed E-state index contributed by atoms with van der Waals surface area (Å²) in [5.41, 5.74) is 0.622. The van der Waals surface area contributed by atoms with Crippen molar-refractivity contribution in [3.63, 3.8) is 0 Å². The average molecular weight is 162 g/mol. The van der Waals surface area contributed by atoms with E-state index in [0.717, 1.165) is 24.2 Å². The third kappa shape index (κ3) is 0.364. The zero-order chi connectivity index (χ0) is 7.92. The average Bonchev–Trinajstić information content (AvgIpc) is 2.48. The molecule has 0 radical (unpaired) electrons. The van der Waals surface area contributed by atoms with Crippen molar-refractivity contribution in [1.82, 2.24) is 0 Å². The molecule has 64 valence electrons. The van der Waals surface area contributed by atoms with E-state index >= 15 is 0 Å². The first-order valence-corrected chi connectivity index (χ1v) is 5.36. The highest BCUT2D eigenvalue weighted by Crippen LogP contribution is 2.79. The molecular formula is C11H14O. The lowest BCUT2D eigenvalue weighted by Gasteiger charge is -2.65. The molecule has 5 atom stereocenters. The van der Waals surface area contributed by atoms with E-state index in [2.05, 4.69) is 0 Å². The maximum Gasteiger partial charge on any atom is 0.136 e. The fourth-order valence-electron chi connectivity index (χ4n) is 5.17. The molecule has 0 aliphatic heterocycles. The normalized spacial score (nSPS) is 65.2. The van der Waals surface area contributed by atoms with Crippen LogP contribution < -0.4 is 0 Å². The van der Waals surface area contributed by atoms with E-state index in [0.29, 0.717) is 17.1 Å². The highest BCUT2D eigenvalue weighted by molar-refractivity contribution is 5.87. The Balaban J connectivity index is 1.87. The predicted molar refractivity (Wildman–Crippen MR) is 44.5 cm³/mol. The molecule has 4 rings (SSSR count). The monoisotopic (exact) mass is 162 g/mol. The van der Waals surface area contributed by atoms with Crippen LogP contribution in [0.5, 0.6) is 0 Å². The van der Waals surface area contributed by atoms with Crippen LogP contribution in [0, 0.1) is 29.1 Å². The number of carbonyl (C=O) groups is 1. The smallest absolute Gasteiger partial charge is 0.136 e. The number of hydrogen-bond acceptors (Lipinski definition) is 1. The van der Waals surface area contributed by atoms with E-state index < -0.39 is 0 Å². The Kier molecular flexibility index (Phi) is 0.779. The molecular weight excluding hydrogens is 148 g/mol. The maximum absolute atomic E-state index is 11.6. The van der Waals surface area contributed by atoms with E-state index in [4.69, 9.17) is 0 Å². The fraction of sp³-hybridized carbons (Fsp3) is 0.909. The molecule has 0 bridgehead atoms. The molecule has 0 aromatic carbocycles. The van der Waals surface area contributed by atoms with E-state index in [1.807, 2.05) is 0 Å². The van der Waals surface area contributed by atoms with Gasteiger partial charge < -0.3 is 0 Å². The number of Topliss-reactive ketones (excluding diaryl/α,β-unsaturated/α-hetero) is 1. The molecule has 4 aliphatic rings. The third-order valence-corrected chi connectivity index (χ3v) is 5.51. The van der Waals surface area contributed by atoms with Gasteiger partial charge in [0.15, 0.2) is 0 Å². The van der Waals surface area contributed by atoms with Gasteiger partial charge in [0.05, 0.1) is 0 Å². The van der Waals surface area contributed by atoms with Crippen LogP contribution in [0.3, 0.4) is 0 Å². The number of ketones is 1. The molecule has 1 spiro atoms. The maximum atomic E-state index is 11.6. The minimum Gasteiger partial charge on any atom is -0.299 e. The van der Waals surface area contributed by atoms with Gasteiger partial charge in [0, 0.05) is 12.3 Å². The molecule has 1 heteroatoms. The summed E-state index contributed by atoms with van der Waals surface area (Å²) in [6, 6.07) is 0. The molecule has 12 heavy (non-hydrogen) atoms. The Labute approximate surface area is 72.5 Å². The first-order chi connectivity index (χ1) is 5.83. The van der Waals surface area contributed by atoms with Gasteiger partial charge in [-0.3, -0.25) is 4.79 Å². The SMILES string of the molecule is O=C1C[C@H]2CC[C@@H]3C[C@H]4C[C@H]1C234. The summed E-state index contributed by atoms with van der Waals surface area (Å²) in [5.74, 6) is 3.99. The zero-order valence-electron chi connectivity index (χ0n) is 7.25. The fourth-order valence-corrected chi connectivity index (χ4v) is 5.17. The lowest BCUT2D eigenvalue weighted by Crippen LogP contribution is -2.61. The molecule has 0 aromatic heterocycles. The van der Waals surface area contributed by atoms with Gasteiger partial charge in [-0.05, 0) is 48.9 Å². The van der Waals surface area contributed by atoms with Gasteiger partial charge in [0.1, 0.15) is 5.78 Å². The summed E-state index contributed by atoms with van der Waals surface area (Å²) in [6.07, 6.45) is 6.53. The molecule has 4 saturated carbocycles. The molecule has 4 aliphatic carbocycles. The minimum atomic E-state index is 0.550. The first-order valence-electron chi connectivity index (χ1n) is 5.36. The van der Waals surface area contributed by atoms with Crippen LogP contribution in [0.4, 0.5) is 0 Å². The van der Waals surface area contributed by atoms with Crippen molar-refractivity contribution >= 4 is 5.78 Å². The van der Waals surface area contributed by atoms with Crippen molar-refractivity contribution in [2.24, 2.45) is 29.1 Å². The van der Waals surface area contributed by atoms with Crippen molar-refractivity contribution < 1.29 is 4.79 Å². The molecule has 0 saturated heterocycles. The zero-order valence-corrected chi connectivity index (χ0v) is 7.25. The second kappa shape index (κ2) is 1.51. The number of rotatable bonds is 0. The quantitative estimate of drug-likeness (QED) is 0.532. The van der Waals surface area contributed by atoms with Crippen LogP contribution in [0.1, 0.15) is 32.1 Å². The van der Waals surface area contributed by atoms with Gasteiger partial charge in [-0.2, -0.15) is 0 Å². The summed E-state index contributed by atoms with van der Waals surface area (Å²) in [5, 5.41) is 0. The van der Waals surface area contributed by atoms with Crippen molar-refractivity contribution in [1.29, 1.82) is 0 Å². The summed E-state index contributed by atoms with van der Waals surface area (Å²) in [7, 11) is 0. The summed E-state index contributed by atoms with van der Waals surface area (Å²) < 4.78 is 0. The summed E-state index contributed by atoms with van der Waals surface area (Å²) >= 11 is 0. The van der Waals surface area contributed by atoms with E-state index in [9.17, 15) is 4.79 Å². The largest absolute Gasteiger partial charge is 0.299 e. The molecule has 0 heterocycles. The van der Waals surface area contributed by atoms with E-state index in [-0.39, 0.29) is 0 Å². The van der Waals surface area contributed by atoms with Crippen molar-refractivity contribution in [3.8, 4) is 0 Å². The van der Waals surface area contributed by atoms with Crippen LogP contribution >= 0.6 is 0 Å². The van der Waals surface area contributed by atoms with Crippen molar-refractivity contribution in [2.75, 3.05) is 0 Å². The standard InChI is InChI=1S/C11H14O/c12-10-5-7-2-1-6-3-8-4-9(10)11(6,7)8/h6-9H,1-5H2/t6-,7-,8+,9-,11?/m1/s1. The van der Waals surface area contributed by atoms with Crippen LogP contribution in [0.25, 0.3) is 0 Å². The van der Waals surface area contributed by atoms with Gasteiger partial charge in [0.25, 0.3) is 0 Å². The number of hydrogen-bond donors (Lipinski definition) is 0. The van der Waals surface area contributed by atoms with Crippen molar-refractivity contribution in [2.45, 2.75) is 32.1 Å². The number of carbonyl (C=O) groups excluding carboxylic acids is 1. The van der Waals surface area contributed by atoms with Crippen molar-refractivity contribution in [3.05, 3.63) is 0 Å². The van der Waals surface area contributed by atoms with Crippen LogP contribution in [0.2, 0.25) is 0 Å². The first kappa shape index (κ1) is 6.17. The van der Waals surface area contributed by atoms with Gasteiger partial charge in [-0.25, -0.2) is 0 Å². The Morgan fingerprint density at radius 3 is 2.67 bits per heavy atom. The summed E-state index contributed by atoms with van der Waals surface area (Å²) in [4.78, 5) is 11.6. The van der Waals surface area contributed by atoms with Crippen LogP contribution in [0.15, 0.2) is 0 Å². The summed E-state index contributed by atoms with van der Waals surface area (Å²) in [6.45, 7) is 0. The van der Waals surface area contributed by atoms with Gasteiger partial charge >= 0.3 is 0 Å². The van der Waals surface area contributed by atoms with Gasteiger partial charge in [-0.1, -0.05) is 0 Å². The lowest BCUT2D eigenvalue weighted by atomic mass is 9.38. The van der Waals surface area contributed by atoms with Gasteiger partial charge in [-0.15, -0.1) is 0 Å². The van der Waals surface area contributed by atoms with Crippen LogP contribution in [-0.2, 0) is 4.79 Å². The second-order valence-corrected chi connectivity index (χ2v) is 5.36.